The van der Waals surface area contributed by atoms with Crippen LogP contribution in [-0.4, -0.2) is 11.8 Å². The predicted molar refractivity (Wildman–Crippen MR) is 108 cm³/mol. The van der Waals surface area contributed by atoms with Crippen molar-refractivity contribution in [2.24, 2.45) is 0 Å². The minimum Gasteiger partial charge on any atom is -0.345 e. The van der Waals surface area contributed by atoms with Gasteiger partial charge in [0.05, 0.1) is 28.9 Å². The second kappa shape index (κ2) is 8.65. The molecule has 3 aromatic carbocycles. The lowest BCUT2D eigenvalue weighted by Gasteiger charge is -2.16. The SMILES string of the molecule is CC(NC(=O)c1ccccc1NC(=O)c1ccc(C#N)cc1)c1ccccc1. The van der Waals surface area contributed by atoms with E-state index in [4.69, 9.17) is 5.26 Å². The van der Waals surface area contributed by atoms with Gasteiger partial charge in [-0.05, 0) is 48.9 Å². The van der Waals surface area contributed by atoms with Crippen molar-refractivity contribution in [1.82, 2.24) is 5.32 Å². The summed E-state index contributed by atoms with van der Waals surface area (Å²) < 4.78 is 0. The van der Waals surface area contributed by atoms with Gasteiger partial charge in [0.2, 0.25) is 0 Å². The van der Waals surface area contributed by atoms with Gasteiger partial charge in [0, 0.05) is 5.56 Å². The molecule has 1 unspecified atom stereocenters. The fourth-order valence-electron chi connectivity index (χ4n) is 2.78. The van der Waals surface area contributed by atoms with E-state index < -0.39 is 0 Å². The number of nitrogens with one attached hydrogen (secondary N) is 2. The molecule has 0 heterocycles. The van der Waals surface area contributed by atoms with Crippen LogP contribution in [0.1, 0.15) is 44.8 Å². The highest BCUT2D eigenvalue weighted by molar-refractivity contribution is 6.09. The van der Waals surface area contributed by atoms with Crippen LogP contribution in [0.4, 0.5) is 5.69 Å². The van der Waals surface area contributed by atoms with Crippen LogP contribution >= 0.6 is 0 Å². The molecule has 0 aliphatic rings. The van der Waals surface area contributed by atoms with Crippen molar-refractivity contribution < 1.29 is 9.59 Å². The highest BCUT2D eigenvalue weighted by Gasteiger charge is 2.16. The number of amides is 2. The Bertz CT molecular complexity index is 1020. The Labute approximate surface area is 163 Å². The summed E-state index contributed by atoms with van der Waals surface area (Å²) >= 11 is 0. The number of rotatable bonds is 5. The van der Waals surface area contributed by atoms with E-state index in [1.165, 1.54) is 0 Å². The minimum absolute atomic E-state index is 0.170. The molecule has 0 bridgehead atoms. The van der Waals surface area contributed by atoms with Gasteiger partial charge in [-0.2, -0.15) is 5.26 Å². The molecule has 0 radical (unpaired) electrons. The highest BCUT2D eigenvalue weighted by atomic mass is 16.2. The lowest BCUT2D eigenvalue weighted by molar-refractivity contribution is 0.0941. The molecule has 5 nitrogen and oxygen atoms in total. The maximum absolute atomic E-state index is 12.8. The normalized spacial score (nSPS) is 11.1. The minimum atomic E-state index is -0.346. The zero-order valence-corrected chi connectivity index (χ0v) is 15.3. The Kier molecular flexibility index (Phi) is 5.83. The Morgan fingerprint density at radius 3 is 2.18 bits per heavy atom. The van der Waals surface area contributed by atoms with Crippen molar-refractivity contribution in [2.75, 3.05) is 5.32 Å². The number of hydrogen-bond donors (Lipinski definition) is 2. The number of benzene rings is 3. The Morgan fingerprint density at radius 2 is 1.50 bits per heavy atom. The molecule has 0 aliphatic heterocycles. The lowest BCUT2D eigenvalue weighted by Crippen LogP contribution is -2.28. The number of nitrogens with zero attached hydrogens (tertiary/aromatic N) is 1. The largest absolute Gasteiger partial charge is 0.345 e. The van der Waals surface area contributed by atoms with E-state index in [9.17, 15) is 9.59 Å². The smallest absolute Gasteiger partial charge is 0.255 e. The monoisotopic (exact) mass is 369 g/mol. The number of carbonyl (C=O) groups excluding carboxylic acids is 2. The van der Waals surface area contributed by atoms with Crippen molar-refractivity contribution >= 4 is 17.5 Å². The molecule has 3 rings (SSSR count). The van der Waals surface area contributed by atoms with Crippen LogP contribution in [0.15, 0.2) is 78.9 Å². The molecule has 3 aromatic rings. The summed E-state index contributed by atoms with van der Waals surface area (Å²) in [7, 11) is 0. The first-order chi connectivity index (χ1) is 13.6. The van der Waals surface area contributed by atoms with Crippen LogP contribution in [0.2, 0.25) is 0 Å². The van der Waals surface area contributed by atoms with E-state index >= 15 is 0 Å². The van der Waals surface area contributed by atoms with Crippen LogP contribution in [0.3, 0.4) is 0 Å². The summed E-state index contributed by atoms with van der Waals surface area (Å²) in [6, 6.07) is 24.7. The number of anilines is 1. The first-order valence-corrected chi connectivity index (χ1v) is 8.85. The molecule has 0 fully saturated rings. The molecular formula is C23H19N3O2. The van der Waals surface area contributed by atoms with E-state index in [0.29, 0.717) is 22.4 Å². The van der Waals surface area contributed by atoms with Crippen molar-refractivity contribution in [3.8, 4) is 6.07 Å². The quantitative estimate of drug-likeness (QED) is 0.703. The first-order valence-electron chi connectivity index (χ1n) is 8.85. The number of nitriles is 1. The number of carbonyl (C=O) groups is 2. The van der Waals surface area contributed by atoms with Crippen LogP contribution in [0, 0.1) is 11.3 Å². The lowest BCUT2D eigenvalue weighted by atomic mass is 10.1. The summed E-state index contributed by atoms with van der Waals surface area (Å²) in [5.74, 6) is -0.618. The maximum Gasteiger partial charge on any atom is 0.255 e. The van der Waals surface area contributed by atoms with Gasteiger partial charge >= 0.3 is 0 Å². The van der Waals surface area contributed by atoms with Gasteiger partial charge in [0.1, 0.15) is 0 Å². The average molecular weight is 369 g/mol. The molecule has 0 spiro atoms. The Hall–Kier alpha value is -3.91. The maximum atomic E-state index is 12.8. The third-order valence-electron chi connectivity index (χ3n) is 4.34. The molecular weight excluding hydrogens is 350 g/mol. The Morgan fingerprint density at radius 1 is 0.857 bits per heavy atom. The summed E-state index contributed by atoms with van der Waals surface area (Å²) in [6.07, 6.45) is 0. The topological polar surface area (TPSA) is 82.0 Å². The molecule has 0 aliphatic carbocycles. The standard InChI is InChI=1S/C23H19N3O2/c1-16(18-7-3-2-4-8-18)25-23(28)20-9-5-6-10-21(20)26-22(27)19-13-11-17(15-24)12-14-19/h2-14,16H,1H3,(H,25,28)(H,26,27). The molecule has 2 amide bonds. The summed E-state index contributed by atoms with van der Waals surface area (Å²) in [4.78, 5) is 25.3. The highest BCUT2D eigenvalue weighted by Crippen LogP contribution is 2.19. The van der Waals surface area contributed by atoms with Crippen molar-refractivity contribution in [1.29, 1.82) is 5.26 Å². The van der Waals surface area contributed by atoms with Crippen LogP contribution < -0.4 is 10.6 Å². The van der Waals surface area contributed by atoms with Crippen LogP contribution in [-0.2, 0) is 0 Å². The third-order valence-corrected chi connectivity index (χ3v) is 4.34. The van der Waals surface area contributed by atoms with Crippen molar-refractivity contribution in [2.45, 2.75) is 13.0 Å². The van der Waals surface area contributed by atoms with Gasteiger partial charge in [-0.1, -0.05) is 42.5 Å². The van der Waals surface area contributed by atoms with Crippen LogP contribution in [0.5, 0.6) is 0 Å². The summed E-state index contributed by atoms with van der Waals surface area (Å²) in [5.41, 5.74) is 2.69. The van der Waals surface area contributed by atoms with Crippen LogP contribution in [0.25, 0.3) is 0 Å². The van der Waals surface area contributed by atoms with E-state index in [2.05, 4.69) is 10.6 Å². The van der Waals surface area contributed by atoms with Gasteiger partial charge in [-0.15, -0.1) is 0 Å². The molecule has 1 atom stereocenters. The second-order valence-electron chi connectivity index (χ2n) is 6.29. The van der Waals surface area contributed by atoms with Gasteiger partial charge in [0.15, 0.2) is 0 Å². The molecule has 2 N–H and O–H groups in total. The second-order valence-corrected chi connectivity index (χ2v) is 6.29. The fourth-order valence-corrected chi connectivity index (χ4v) is 2.78. The molecule has 28 heavy (non-hydrogen) atoms. The van der Waals surface area contributed by atoms with Crippen molar-refractivity contribution in [3.63, 3.8) is 0 Å². The number of para-hydroxylation sites is 1. The van der Waals surface area contributed by atoms with Gasteiger partial charge in [-0.3, -0.25) is 9.59 Å². The number of hydrogen-bond acceptors (Lipinski definition) is 3. The van der Waals surface area contributed by atoms with E-state index in [1.807, 2.05) is 43.3 Å². The van der Waals surface area contributed by atoms with Gasteiger partial charge in [-0.25, -0.2) is 0 Å². The molecule has 0 saturated carbocycles. The van der Waals surface area contributed by atoms with E-state index in [-0.39, 0.29) is 17.9 Å². The Balaban J connectivity index is 1.76. The van der Waals surface area contributed by atoms with Crippen molar-refractivity contribution in [3.05, 3.63) is 101 Å². The molecule has 138 valence electrons. The molecule has 0 aromatic heterocycles. The zero-order valence-electron chi connectivity index (χ0n) is 15.3. The third kappa shape index (κ3) is 4.43. The van der Waals surface area contributed by atoms with Gasteiger partial charge < -0.3 is 10.6 Å². The zero-order chi connectivity index (χ0) is 19.9. The summed E-state index contributed by atoms with van der Waals surface area (Å²) in [6.45, 7) is 1.91. The first kappa shape index (κ1) is 18.9. The fraction of sp³-hybridized carbons (Fsp3) is 0.0870. The summed E-state index contributed by atoms with van der Waals surface area (Å²) in [5, 5.41) is 14.6. The van der Waals surface area contributed by atoms with E-state index in [1.54, 1.807) is 48.5 Å². The van der Waals surface area contributed by atoms with Gasteiger partial charge in [0.25, 0.3) is 11.8 Å². The molecule has 0 saturated heterocycles. The average Bonchev–Trinajstić information content (AvgIpc) is 2.74. The van der Waals surface area contributed by atoms with E-state index in [0.717, 1.165) is 5.56 Å². The molecule has 5 heteroatoms. The predicted octanol–water partition coefficient (Wildman–Crippen LogP) is 4.30.